The van der Waals surface area contributed by atoms with Crippen LogP contribution in [0.25, 0.3) is 10.9 Å². The van der Waals surface area contributed by atoms with Gasteiger partial charge in [-0.1, -0.05) is 23.7 Å². The Morgan fingerprint density at radius 3 is 2.68 bits per heavy atom. The second kappa shape index (κ2) is 6.34. The number of rotatable bonds is 4. The molecule has 0 atom stereocenters. The van der Waals surface area contributed by atoms with Gasteiger partial charge in [0.2, 0.25) is 5.91 Å². The molecule has 0 fully saturated rings. The Balaban J connectivity index is 2.10. The largest absolute Gasteiger partial charge is 0.366 e. The quantitative estimate of drug-likeness (QED) is 0.731. The number of aromatic nitrogens is 1. The Bertz CT molecular complexity index is 1100. The summed E-state index contributed by atoms with van der Waals surface area (Å²) in [6.07, 6.45) is 1.60. The minimum absolute atomic E-state index is 0.0190. The Kier molecular flexibility index (Phi) is 4.36. The van der Waals surface area contributed by atoms with E-state index in [1.165, 1.54) is 24.3 Å². The monoisotopic (exact) mass is 375 g/mol. The van der Waals surface area contributed by atoms with Crippen LogP contribution < -0.4 is 10.5 Å². The number of sulfonamides is 1. The molecule has 2 aromatic carbocycles. The SMILES string of the molecule is Cc1cnc2c(S(=O)(=O)Nc3cc(C(N)=O)ccc3Cl)cccc2c1. The summed E-state index contributed by atoms with van der Waals surface area (Å²) in [5.41, 5.74) is 6.72. The zero-order chi connectivity index (χ0) is 18.2. The molecule has 25 heavy (non-hydrogen) atoms. The molecule has 1 amide bonds. The molecule has 6 nitrogen and oxygen atoms in total. The van der Waals surface area contributed by atoms with E-state index < -0.39 is 15.9 Å². The van der Waals surface area contributed by atoms with E-state index in [0.717, 1.165) is 5.56 Å². The second-order valence-corrected chi connectivity index (χ2v) is 7.56. The Hall–Kier alpha value is -2.64. The molecule has 0 radical (unpaired) electrons. The number of hydrogen-bond acceptors (Lipinski definition) is 4. The number of para-hydroxylation sites is 1. The molecular weight excluding hydrogens is 362 g/mol. The van der Waals surface area contributed by atoms with Crippen molar-refractivity contribution in [3.05, 3.63) is 64.8 Å². The molecule has 0 aliphatic heterocycles. The molecule has 0 bridgehead atoms. The summed E-state index contributed by atoms with van der Waals surface area (Å²) < 4.78 is 28.0. The minimum atomic E-state index is -3.97. The van der Waals surface area contributed by atoms with Crippen LogP contribution in [0.5, 0.6) is 0 Å². The van der Waals surface area contributed by atoms with E-state index in [0.29, 0.717) is 10.9 Å². The van der Waals surface area contributed by atoms with Crippen molar-refractivity contribution in [3.63, 3.8) is 0 Å². The van der Waals surface area contributed by atoms with E-state index in [1.807, 2.05) is 13.0 Å². The summed E-state index contributed by atoms with van der Waals surface area (Å²) in [7, 11) is -3.97. The van der Waals surface area contributed by atoms with Gasteiger partial charge in [-0.05, 0) is 42.8 Å². The van der Waals surface area contributed by atoms with Crippen LogP contribution in [-0.4, -0.2) is 19.3 Å². The fourth-order valence-electron chi connectivity index (χ4n) is 2.42. The third-order valence-corrected chi connectivity index (χ3v) is 5.32. The van der Waals surface area contributed by atoms with Gasteiger partial charge in [0, 0.05) is 17.1 Å². The average molecular weight is 376 g/mol. The van der Waals surface area contributed by atoms with E-state index in [4.69, 9.17) is 17.3 Å². The zero-order valence-electron chi connectivity index (χ0n) is 13.2. The molecule has 3 N–H and O–H groups in total. The van der Waals surface area contributed by atoms with Crippen molar-refractivity contribution in [2.75, 3.05) is 4.72 Å². The molecule has 8 heteroatoms. The fourth-order valence-corrected chi connectivity index (χ4v) is 3.89. The molecule has 0 spiro atoms. The molecule has 3 rings (SSSR count). The number of carbonyl (C=O) groups excluding carboxylic acids is 1. The van der Waals surface area contributed by atoms with Crippen LogP contribution in [-0.2, 0) is 10.0 Å². The molecule has 128 valence electrons. The number of amides is 1. The predicted molar refractivity (Wildman–Crippen MR) is 97.3 cm³/mol. The van der Waals surface area contributed by atoms with Crippen molar-refractivity contribution >= 4 is 44.1 Å². The first-order valence-electron chi connectivity index (χ1n) is 7.25. The first-order chi connectivity index (χ1) is 11.8. The van der Waals surface area contributed by atoms with Gasteiger partial charge < -0.3 is 5.73 Å². The number of anilines is 1. The predicted octanol–water partition coefficient (Wildman–Crippen LogP) is 3.10. The van der Waals surface area contributed by atoms with Gasteiger partial charge in [-0.3, -0.25) is 14.5 Å². The molecule has 0 saturated heterocycles. The smallest absolute Gasteiger partial charge is 0.264 e. The molecule has 3 aromatic rings. The van der Waals surface area contributed by atoms with Crippen LogP contribution in [0.2, 0.25) is 5.02 Å². The van der Waals surface area contributed by atoms with Gasteiger partial charge >= 0.3 is 0 Å². The van der Waals surface area contributed by atoms with Crippen molar-refractivity contribution in [2.45, 2.75) is 11.8 Å². The molecular formula is C17H14ClN3O3S. The molecule has 0 unspecified atom stereocenters. The molecule has 1 heterocycles. The lowest BCUT2D eigenvalue weighted by Gasteiger charge is -2.12. The van der Waals surface area contributed by atoms with Gasteiger partial charge in [-0.2, -0.15) is 0 Å². The topological polar surface area (TPSA) is 102 Å². The summed E-state index contributed by atoms with van der Waals surface area (Å²) in [6.45, 7) is 1.88. The highest BCUT2D eigenvalue weighted by Gasteiger charge is 2.20. The number of nitrogens with zero attached hydrogens (tertiary/aromatic N) is 1. The van der Waals surface area contributed by atoms with Crippen LogP contribution in [0.15, 0.2) is 53.6 Å². The van der Waals surface area contributed by atoms with Gasteiger partial charge in [0.05, 0.1) is 16.2 Å². The molecule has 0 saturated carbocycles. The minimum Gasteiger partial charge on any atom is -0.366 e. The van der Waals surface area contributed by atoms with E-state index in [1.54, 1.807) is 18.3 Å². The highest BCUT2D eigenvalue weighted by Crippen LogP contribution is 2.28. The van der Waals surface area contributed by atoms with Crippen LogP contribution in [0.3, 0.4) is 0 Å². The van der Waals surface area contributed by atoms with E-state index >= 15 is 0 Å². The fraction of sp³-hybridized carbons (Fsp3) is 0.0588. The van der Waals surface area contributed by atoms with Gasteiger partial charge in [0.1, 0.15) is 4.90 Å². The maximum absolute atomic E-state index is 12.8. The first-order valence-corrected chi connectivity index (χ1v) is 9.11. The van der Waals surface area contributed by atoms with Crippen molar-refractivity contribution in [2.24, 2.45) is 5.73 Å². The van der Waals surface area contributed by atoms with Crippen LogP contribution in [0, 0.1) is 6.92 Å². The molecule has 1 aromatic heterocycles. The zero-order valence-corrected chi connectivity index (χ0v) is 14.7. The summed E-state index contributed by atoms with van der Waals surface area (Å²) in [5.74, 6) is -0.681. The number of fused-ring (bicyclic) bond motifs is 1. The highest BCUT2D eigenvalue weighted by atomic mass is 35.5. The lowest BCUT2D eigenvalue weighted by Crippen LogP contribution is -2.16. The van der Waals surface area contributed by atoms with Gasteiger partial charge in [0.15, 0.2) is 0 Å². The number of nitrogens with two attached hydrogens (primary N) is 1. The number of primary amides is 1. The Labute approximate surface area is 149 Å². The van der Waals surface area contributed by atoms with E-state index in [2.05, 4.69) is 9.71 Å². The normalized spacial score (nSPS) is 11.4. The van der Waals surface area contributed by atoms with Crippen molar-refractivity contribution in [1.29, 1.82) is 0 Å². The lowest BCUT2D eigenvalue weighted by molar-refractivity contribution is 0.100. The number of pyridine rings is 1. The van der Waals surface area contributed by atoms with Crippen molar-refractivity contribution in [1.82, 2.24) is 4.98 Å². The molecule has 0 aliphatic carbocycles. The van der Waals surface area contributed by atoms with Crippen LogP contribution in [0.1, 0.15) is 15.9 Å². The summed E-state index contributed by atoms with van der Waals surface area (Å²) >= 11 is 6.04. The van der Waals surface area contributed by atoms with Crippen molar-refractivity contribution < 1.29 is 13.2 Å². The Morgan fingerprint density at radius 1 is 1.20 bits per heavy atom. The number of halogens is 1. The maximum atomic E-state index is 12.8. The van der Waals surface area contributed by atoms with Gasteiger partial charge in [-0.25, -0.2) is 8.42 Å². The van der Waals surface area contributed by atoms with E-state index in [9.17, 15) is 13.2 Å². The van der Waals surface area contributed by atoms with E-state index in [-0.39, 0.29) is 21.2 Å². The number of carbonyl (C=O) groups is 1. The number of benzene rings is 2. The van der Waals surface area contributed by atoms with Crippen LogP contribution in [0.4, 0.5) is 5.69 Å². The summed E-state index contributed by atoms with van der Waals surface area (Å²) in [6, 6.07) is 10.9. The summed E-state index contributed by atoms with van der Waals surface area (Å²) in [4.78, 5) is 15.5. The maximum Gasteiger partial charge on any atom is 0.264 e. The Morgan fingerprint density at radius 2 is 1.96 bits per heavy atom. The third-order valence-electron chi connectivity index (χ3n) is 3.60. The van der Waals surface area contributed by atoms with Gasteiger partial charge in [0.25, 0.3) is 10.0 Å². The number of nitrogens with one attached hydrogen (secondary N) is 1. The van der Waals surface area contributed by atoms with Gasteiger partial charge in [-0.15, -0.1) is 0 Å². The van der Waals surface area contributed by atoms with Crippen LogP contribution >= 0.6 is 11.6 Å². The lowest BCUT2D eigenvalue weighted by atomic mass is 10.2. The molecule has 0 aliphatic rings. The summed E-state index contributed by atoms with van der Waals surface area (Å²) in [5, 5.41) is 0.859. The first kappa shape index (κ1) is 17.2. The highest BCUT2D eigenvalue weighted by molar-refractivity contribution is 7.93. The second-order valence-electron chi connectivity index (χ2n) is 5.50. The number of hydrogen-bond donors (Lipinski definition) is 2. The van der Waals surface area contributed by atoms with Crippen molar-refractivity contribution in [3.8, 4) is 0 Å². The standard InChI is InChI=1S/C17H14ClN3O3S/c1-10-7-11-3-2-4-15(16(11)20-9-10)25(23,24)21-14-8-12(17(19)22)5-6-13(14)18/h2-9,21H,1H3,(H2,19,22). The third kappa shape index (κ3) is 3.42. The number of aryl methyl sites for hydroxylation is 1. The average Bonchev–Trinajstić information content (AvgIpc) is 2.55.